The van der Waals surface area contributed by atoms with Crippen LogP contribution in [0.2, 0.25) is 5.15 Å². The van der Waals surface area contributed by atoms with Crippen LogP contribution in [0, 0.1) is 17.5 Å². The Morgan fingerprint density at radius 2 is 1.75 bits per heavy atom. The minimum absolute atomic E-state index is 0.0202. The Hall–Kier alpha value is -2.14. The molecule has 20 heavy (non-hydrogen) atoms. The average Bonchev–Trinajstić information content (AvgIpc) is 2.42. The molecule has 0 amide bonds. The molecule has 0 aliphatic carbocycles. The largest absolute Gasteiger partial charge is 0.228 e. The van der Waals surface area contributed by atoms with E-state index in [0.29, 0.717) is 10.9 Å². The van der Waals surface area contributed by atoms with E-state index in [9.17, 15) is 13.2 Å². The minimum atomic E-state index is -1.05. The molecule has 100 valence electrons. The minimum Gasteiger partial charge on any atom is -0.228 e. The highest BCUT2D eigenvalue weighted by molar-refractivity contribution is 6.34. The highest BCUT2D eigenvalue weighted by Gasteiger charge is 2.14. The summed E-state index contributed by atoms with van der Waals surface area (Å²) in [5, 5.41) is 0.292. The van der Waals surface area contributed by atoms with Crippen molar-refractivity contribution in [2.24, 2.45) is 0 Å². The zero-order chi connectivity index (χ0) is 14.3. The van der Waals surface area contributed by atoms with Crippen molar-refractivity contribution in [1.82, 2.24) is 9.97 Å². The number of halogens is 4. The molecule has 2 nitrogen and oxygen atoms in total. The third-order valence-electron chi connectivity index (χ3n) is 2.80. The van der Waals surface area contributed by atoms with Crippen LogP contribution < -0.4 is 0 Å². The molecule has 0 bridgehead atoms. The van der Waals surface area contributed by atoms with Crippen molar-refractivity contribution in [2.45, 2.75) is 0 Å². The SMILES string of the molecule is Fc1ccc2nc(-c3cccc(F)c3F)nc(Cl)c2c1. The highest BCUT2D eigenvalue weighted by atomic mass is 35.5. The standard InChI is InChI=1S/C14H6ClF3N2/c15-13-9-6-7(16)4-5-11(9)19-14(20-13)8-2-1-3-10(17)12(8)18/h1-6H. The van der Waals surface area contributed by atoms with Crippen molar-refractivity contribution in [3.05, 3.63) is 59.0 Å². The lowest BCUT2D eigenvalue weighted by molar-refractivity contribution is 0.510. The Labute approximate surface area is 116 Å². The number of fused-ring (bicyclic) bond motifs is 1. The van der Waals surface area contributed by atoms with Crippen molar-refractivity contribution in [2.75, 3.05) is 0 Å². The molecule has 0 N–H and O–H groups in total. The number of benzene rings is 2. The molecule has 0 radical (unpaired) electrons. The lowest BCUT2D eigenvalue weighted by atomic mass is 10.1. The van der Waals surface area contributed by atoms with Gasteiger partial charge in [-0.25, -0.2) is 23.1 Å². The zero-order valence-corrected chi connectivity index (χ0v) is 10.6. The van der Waals surface area contributed by atoms with E-state index in [-0.39, 0.29) is 16.5 Å². The summed E-state index contributed by atoms with van der Waals surface area (Å²) in [5.41, 5.74) is 0.253. The van der Waals surface area contributed by atoms with Crippen LogP contribution in [-0.4, -0.2) is 9.97 Å². The molecule has 0 spiro atoms. The van der Waals surface area contributed by atoms with Crippen LogP contribution in [0.1, 0.15) is 0 Å². The van der Waals surface area contributed by atoms with Gasteiger partial charge in [-0.3, -0.25) is 0 Å². The normalized spacial score (nSPS) is 11.0. The summed E-state index contributed by atoms with van der Waals surface area (Å²) in [7, 11) is 0. The first-order valence-corrected chi connectivity index (χ1v) is 6.01. The van der Waals surface area contributed by atoms with E-state index in [1.54, 1.807) is 0 Å². The Morgan fingerprint density at radius 3 is 2.55 bits per heavy atom. The lowest BCUT2D eigenvalue weighted by Crippen LogP contribution is -1.96. The highest BCUT2D eigenvalue weighted by Crippen LogP contribution is 2.27. The Kier molecular flexibility index (Phi) is 3.06. The maximum absolute atomic E-state index is 13.7. The molecule has 0 aliphatic heterocycles. The van der Waals surface area contributed by atoms with Crippen LogP contribution in [0.15, 0.2) is 36.4 Å². The molecule has 1 heterocycles. The summed E-state index contributed by atoms with van der Waals surface area (Å²) < 4.78 is 40.1. The van der Waals surface area contributed by atoms with Gasteiger partial charge < -0.3 is 0 Å². The van der Waals surface area contributed by atoms with Crippen LogP contribution in [0.25, 0.3) is 22.3 Å². The quantitative estimate of drug-likeness (QED) is 0.623. The molecule has 1 aromatic heterocycles. The third-order valence-corrected chi connectivity index (χ3v) is 3.09. The number of rotatable bonds is 1. The van der Waals surface area contributed by atoms with E-state index in [1.807, 2.05) is 0 Å². The Morgan fingerprint density at radius 1 is 0.950 bits per heavy atom. The van der Waals surface area contributed by atoms with E-state index in [0.717, 1.165) is 6.07 Å². The third kappa shape index (κ3) is 2.10. The van der Waals surface area contributed by atoms with Gasteiger partial charge in [0.2, 0.25) is 0 Å². The van der Waals surface area contributed by atoms with Crippen LogP contribution in [-0.2, 0) is 0 Å². The van der Waals surface area contributed by atoms with Gasteiger partial charge in [0.05, 0.1) is 11.1 Å². The fourth-order valence-corrected chi connectivity index (χ4v) is 2.09. The second kappa shape index (κ2) is 4.76. The molecule has 0 unspecified atom stereocenters. The van der Waals surface area contributed by atoms with Gasteiger partial charge in [-0.2, -0.15) is 0 Å². The van der Waals surface area contributed by atoms with E-state index in [1.165, 1.54) is 30.3 Å². The first-order chi connectivity index (χ1) is 9.56. The fraction of sp³-hybridized carbons (Fsp3) is 0. The summed E-state index contributed by atoms with van der Waals surface area (Å²) in [6, 6.07) is 7.48. The maximum atomic E-state index is 13.7. The van der Waals surface area contributed by atoms with Crippen LogP contribution in [0.5, 0.6) is 0 Å². The van der Waals surface area contributed by atoms with Crippen molar-refractivity contribution in [3.63, 3.8) is 0 Å². The van der Waals surface area contributed by atoms with Crippen molar-refractivity contribution < 1.29 is 13.2 Å². The second-order valence-corrected chi connectivity index (χ2v) is 4.46. The Bertz CT molecular complexity index is 821. The summed E-state index contributed by atoms with van der Waals surface area (Å²) in [4.78, 5) is 7.98. The molecule has 0 atom stereocenters. The van der Waals surface area contributed by atoms with Crippen molar-refractivity contribution in [3.8, 4) is 11.4 Å². The van der Waals surface area contributed by atoms with Crippen LogP contribution in [0.4, 0.5) is 13.2 Å². The molecule has 0 saturated heterocycles. The van der Waals surface area contributed by atoms with Gasteiger partial charge in [-0.1, -0.05) is 17.7 Å². The molecule has 3 aromatic rings. The van der Waals surface area contributed by atoms with E-state index in [4.69, 9.17) is 11.6 Å². The van der Waals surface area contributed by atoms with Gasteiger partial charge in [0.15, 0.2) is 17.5 Å². The number of nitrogens with zero attached hydrogens (tertiary/aromatic N) is 2. The van der Waals surface area contributed by atoms with Gasteiger partial charge in [-0.15, -0.1) is 0 Å². The molecule has 6 heteroatoms. The Balaban J connectivity index is 2.28. The van der Waals surface area contributed by atoms with Gasteiger partial charge in [0.1, 0.15) is 11.0 Å². The predicted molar refractivity (Wildman–Crippen MR) is 69.9 cm³/mol. The molecular weight excluding hydrogens is 289 g/mol. The summed E-state index contributed by atoms with van der Waals surface area (Å²) >= 11 is 5.94. The first kappa shape index (κ1) is 12.9. The predicted octanol–water partition coefficient (Wildman–Crippen LogP) is 4.37. The van der Waals surface area contributed by atoms with Gasteiger partial charge in [0, 0.05) is 5.39 Å². The monoisotopic (exact) mass is 294 g/mol. The summed E-state index contributed by atoms with van der Waals surface area (Å²) in [6.07, 6.45) is 0. The van der Waals surface area contributed by atoms with Crippen LogP contribution >= 0.6 is 11.6 Å². The molecule has 0 aliphatic rings. The first-order valence-electron chi connectivity index (χ1n) is 5.63. The van der Waals surface area contributed by atoms with Crippen molar-refractivity contribution in [1.29, 1.82) is 0 Å². The smallest absolute Gasteiger partial charge is 0.169 e. The molecule has 2 aromatic carbocycles. The van der Waals surface area contributed by atoms with Gasteiger partial charge in [-0.05, 0) is 30.3 Å². The lowest BCUT2D eigenvalue weighted by Gasteiger charge is -2.06. The summed E-state index contributed by atoms with van der Waals surface area (Å²) in [5.74, 6) is -2.58. The summed E-state index contributed by atoms with van der Waals surface area (Å²) in [6.45, 7) is 0. The number of aromatic nitrogens is 2. The topological polar surface area (TPSA) is 25.8 Å². The number of hydrogen-bond donors (Lipinski definition) is 0. The van der Waals surface area contributed by atoms with Crippen LogP contribution in [0.3, 0.4) is 0 Å². The van der Waals surface area contributed by atoms with Gasteiger partial charge >= 0.3 is 0 Å². The van der Waals surface area contributed by atoms with Crippen molar-refractivity contribution >= 4 is 22.5 Å². The van der Waals surface area contributed by atoms with E-state index in [2.05, 4.69) is 9.97 Å². The van der Waals surface area contributed by atoms with Gasteiger partial charge in [0.25, 0.3) is 0 Å². The molecule has 0 saturated carbocycles. The molecular formula is C14H6ClF3N2. The molecule has 0 fully saturated rings. The van der Waals surface area contributed by atoms with E-state index < -0.39 is 17.5 Å². The maximum Gasteiger partial charge on any atom is 0.169 e. The fourth-order valence-electron chi connectivity index (χ4n) is 1.86. The molecule has 3 rings (SSSR count). The zero-order valence-electron chi connectivity index (χ0n) is 9.87. The average molecular weight is 295 g/mol. The number of hydrogen-bond acceptors (Lipinski definition) is 2. The van der Waals surface area contributed by atoms with E-state index >= 15 is 0 Å². The second-order valence-electron chi connectivity index (χ2n) is 4.10.